The van der Waals surface area contributed by atoms with Crippen LogP contribution in [0.1, 0.15) is 5.69 Å². The average Bonchev–Trinajstić information content (AvgIpc) is 2.38. The molecule has 0 aliphatic carbocycles. The molecule has 0 N–H and O–H groups in total. The number of rotatable bonds is 4. The highest BCUT2D eigenvalue weighted by Gasteiger charge is 2.09. The largest absolute Gasteiger partial charge is 0.495 e. The Morgan fingerprint density at radius 1 is 1.11 bits per heavy atom. The molecule has 2 aromatic rings. The van der Waals surface area contributed by atoms with Crippen molar-refractivity contribution >= 4 is 23.2 Å². The van der Waals surface area contributed by atoms with Crippen LogP contribution in [0.2, 0.25) is 10.2 Å². The second kappa shape index (κ2) is 6.19. The van der Waals surface area contributed by atoms with Gasteiger partial charge in [0.2, 0.25) is 0 Å². The minimum atomic E-state index is 0.365. The molecule has 0 bridgehead atoms. The van der Waals surface area contributed by atoms with E-state index < -0.39 is 0 Å². The first-order valence-electron chi connectivity index (χ1n) is 5.50. The molecule has 6 heteroatoms. The third-order valence-electron chi connectivity index (χ3n) is 2.45. The third kappa shape index (κ3) is 3.35. The molecule has 2 rings (SSSR count). The number of benzene rings is 1. The quantitative estimate of drug-likeness (QED) is 0.809. The molecule has 0 saturated heterocycles. The van der Waals surface area contributed by atoms with Crippen LogP contribution >= 0.6 is 23.2 Å². The van der Waals surface area contributed by atoms with Gasteiger partial charge in [-0.25, -0.2) is 9.97 Å². The molecule has 0 aliphatic rings. The van der Waals surface area contributed by atoms with Gasteiger partial charge in [-0.05, 0) is 24.3 Å². The topological polar surface area (TPSA) is 44.2 Å². The molecule has 0 saturated carbocycles. The minimum Gasteiger partial charge on any atom is -0.495 e. The predicted molar refractivity (Wildman–Crippen MR) is 74.8 cm³/mol. The van der Waals surface area contributed by atoms with Gasteiger partial charge < -0.3 is 9.47 Å². The zero-order valence-corrected chi connectivity index (χ0v) is 12.0. The summed E-state index contributed by atoms with van der Waals surface area (Å²) in [6, 6.07) is 6.99. The Balaban J connectivity index is 2.43. The Kier molecular flexibility index (Phi) is 4.58. The Morgan fingerprint density at radius 3 is 2.53 bits per heavy atom. The summed E-state index contributed by atoms with van der Waals surface area (Å²) >= 11 is 12.1. The summed E-state index contributed by atoms with van der Waals surface area (Å²) in [6.07, 6.45) is 0. The lowest BCUT2D eigenvalue weighted by molar-refractivity contribution is 0.181. The first-order valence-corrected chi connectivity index (χ1v) is 6.26. The van der Waals surface area contributed by atoms with Crippen molar-refractivity contribution in [3.05, 3.63) is 40.1 Å². The highest BCUT2D eigenvalue weighted by atomic mass is 35.5. The van der Waals surface area contributed by atoms with E-state index in [0.717, 1.165) is 5.56 Å². The minimum absolute atomic E-state index is 0.365. The molecule has 0 aliphatic heterocycles. The number of nitrogens with zero attached hydrogens (tertiary/aromatic N) is 2. The number of methoxy groups -OCH3 is 2. The van der Waals surface area contributed by atoms with E-state index >= 15 is 0 Å². The molecule has 0 spiro atoms. The van der Waals surface area contributed by atoms with Gasteiger partial charge in [0.05, 0.1) is 24.4 Å². The Bertz CT molecular complexity index is 591. The van der Waals surface area contributed by atoms with E-state index in [0.29, 0.717) is 34.1 Å². The van der Waals surface area contributed by atoms with Crippen LogP contribution in [0.5, 0.6) is 5.75 Å². The lowest BCUT2D eigenvalue weighted by atomic mass is 10.2. The molecule has 0 unspecified atom stereocenters. The van der Waals surface area contributed by atoms with Crippen LogP contribution in [0.4, 0.5) is 0 Å². The van der Waals surface area contributed by atoms with Gasteiger partial charge in [0, 0.05) is 12.7 Å². The van der Waals surface area contributed by atoms with Crippen molar-refractivity contribution in [2.24, 2.45) is 0 Å². The van der Waals surface area contributed by atoms with Crippen molar-refractivity contribution in [3.8, 4) is 17.1 Å². The molecule has 0 atom stereocenters. The molecule has 0 amide bonds. The summed E-state index contributed by atoms with van der Waals surface area (Å²) < 4.78 is 10.1. The summed E-state index contributed by atoms with van der Waals surface area (Å²) in [5, 5.41) is 0.862. The number of ether oxygens (including phenoxy) is 2. The van der Waals surface area contributed by atoms with Crippen LogP contribution in [0, 0.1) is 0 Å². The van der Waals surface area contributed by atoms with E-state index in [4.69, 9.17) is 32.7 Å². The second-order valence-corrected chi connectivity index (χ2v) is 4.58. The lowest BCUT2D eigenvalue weighted by Gasteiger charge is -2.07. The monoisotopic (exact) mass is 298 g/mol. The number of halogens is 2. The molecule has 4 nitrogen and oxygen atoms in total. The van der Waals surface area contributed by atoms with Crippen LogP contribution in [-0.4, -0.2) is 24.2 Å². The fraction of sp³-hybridized carbons (Fsp3) is 0.231. The maximum absolute atomic E-state index is 6.08. The molecular weight excluding hydrogens is 287 g/mol. The van der Waals surface area contributed by atoms with E-state index in [9.17, 15) is 0 Å². The molecule has 1 aromatic heterocycles. The molecule has 0 fully saturated rings. The van der Waals surface area contributed by atoms with Crippen molar-refractivity contribution in [2.75, 3.05) is 14.2 Å². The fourth-order valence-corrected chi connectivity index (χ4v) is 2.08. The molecule has 100 valence electrons. The average molecular weight is 299 g/mol. The SMILES string of the molecule is COCc1cc(Cl)nc(-c2ccc(OC)c(Cl)c2)n1. The van der Waals surface area contributed by atoms with Gasteiger partial charge in [-0.2, -0.15) is 0 Å². The first-order chi connectivity index (χ1) is 9.13. The maximum Gasteiger partial charge on any atom is 0.161 e. The van der Waals surface area contributed by atoms with E-state index in [1.54, 1.807) is 32.4 Å². The van der Waals surface area contributed by atoms with Crippen molar-refractivity contribution in [2.45, 2.75) is 6.61 Å². The summed E-state index contributed by atoms with van der Waals surface area (Å²) in [6.45, 7) is 0.374. The molecular formula is C13H12Cl2N2O2. The Labute approximate surface area is 121 Å². The zero-order chi connectivity index (χ0) is 13.8. The number of hydrogen-bond acceptors (Lipinski definition) is 4. The smallest absolute Gasteiger partial charge is 0.161 e. The fourth-order valence-electron chi connectivity index (χ4n) is 1.62. The normalized spacial score (nSPS) is 10.5. The number of aromatic nitrogens is 2. The molecule has 0 radical (unpaired) electrons. The maximum atomic E-state index is 6.08. The van der Waals surface area contributed by atoms with Crippen LogP contribution in [0.3, 0.4) is 0 Å². The Hall–Kier alpha value is -1.36. The van der Waals surface area contributed by atoms with E-state index in [1.165, 1.54) is 0 Å². The summed E-state index contributed by atoms with van der Waals surface area (Å²) in [4.78, 5) is 8.55. The van der Waals surface area contributed by atoms with E-state index in [1.807, 2.05) is 6.07 Å². The molecule has 19 heavy (non-hydrogen) atoms. The van der Waals surface area contributed by atoms with Gasteiger partial charge in [0.15, 0.2) is 5.82 Å². The van der Waals surface area contributed by atoms with Crippen molar-refractivity contribution in [3.63, 3.8) is 0 Å². The van der Waals surface area contributed by atoms with Crippen molar-refractivity contribution in [1.82, 2.24) is 9.97 Å². The predicted octanol–water partition coefficient (Wildman–Crippen LogP) is 3.61. The highest BCUT2D eigenvalue weighted by molar-refractivity contribution is 6.32. The second-order valence-electron chi connectivity index (χ2n) is 3.79. The van der Waals surface area contributed by atoms with Crippen LogP contribution < -0.4 is 4.74 Å². The van der Waals surface area contributed by atoms with E-state index in [2.05, 4.69) is 9.97 Å². The van der Waals surface area contributed by atoms with Gasteiger partial charge in [0.25, 0.3) is 0 Å². The first kappa shape index (κ1) is 14.1. The lowest BCUT2D eigenvalue weighted by Crippen LogP contribution is -1.98. The summed E-state index contributed by atoms with van der Waals surface area (Å²) in [5.41, 5.74) is 1.48. The molecule has 1 heterocycles. The van der Waals surface area contributed by atoms with Crippen LogP contribution in [0.25, 0.3) is 11.4 Å². The Morgan fingerprint density at radius 2 is 1.89 bits per heavy atom. The van der Waals surface area contributed by atoms with Crippen LogP contribution in [-0.2, 0) is 11.3 Å². The van der Waals surface area contributed by atoms with Crippen molar-refractivity contribution < 1.29 is 9.47 Å². The molecule has 1 aromatic carbocycles. The van der Waals surface area contributed by atoms with E-state index in [-0.39, 0.29) is 0 Å². The zero-order valence-electron chi connectivity index (χ0n) is 10.5. The van der Waals surface area contributed by atoms with Gasteiger partial charge in [-0.3, -0.25) is 0 Å². The number of hydrogen-bond donors (Lipinski definition) is 0. The summed E-state index contributed by atoms with van der Waals surface area (Å²) in [7, 11) is 3.16. The van der Waals surface area contributed by atoms with Gasteiger partial charge in [-0.1, -0.05) is 23.2 Å². The van der Waals surface area contributed by atoms with Crippen molar-refractivity contribution in [1.29, 1.82) is 0 Å². The standard InChI is InChI=1S/C13H12Cl2N2O2/c1-18-7-9-6-12(15)17-13(16-9)8-3-4-11(19-2)10(14)5-8/h3-6H,7H2,1-2H3. The highest BCUT2D eigenvalue weighted by Crippen LogP contribution is 2.29. The van der Waals surface area contributed by atoms with Crippen LogP contribution in [0.15, 0.2) is 24.3 Å². The van der Waals surface area contributed by atoms with Gasteiger partial charge in [0.1, 0.15) is 10.9 Å². The summed E-state index contributed by atoms with van der Waals surface area (Å²) in [5.74, 6) is 1.11. The van der Waals surface area contributed by atoms with Gasteiger partial charge >= 0.3 is 0 Å². The van der Waals surface area contributed by atoms with Gasteiger partial charge in [-0.15, -0.1) is 0 Å². The third-order valence-corrected chi connectivity index (χ3v) is 2.94.